The zero-order chi connectivity index (χ0) is 41.2. The number of carboxylic acid groups (broad SMARTS) is 1. The summed E-state index contributed by atoms with van der Waals surface area (Å²) in [4.78, 5) is 60.4. The van der Waals surface area contributed by atoms with Crippen LogP contribution in [0.1, 0.15) is 139 Å². The van der Waals surface area contributed by atoms with E-state index in [2.05, 4.69) is 58.4 Å². The molecule has 1 aromatic rings. The van der Waals surface area contributed by atoms with Gasteiger partial charge in [0.2, 0.25) is 5.91 Å². The van der Waals surface area contributed by atoms with Crippen molar-refractivity contribution in [2.45, 2.75) is 146 Å². The summed E-state index contributed by atoms with van der Waals surface area (Å²) < 4.78 is 6.19. The Balaban J connectivity index is 1.27. The quantitative estimate of drug-likeness (QED) is 0.210. The third kappa shape index (κ3) is 7.08. The SMILES string of the molecule is CC(C)C1=C2C3CCC4C5(C)CCC(OC(=O)CC(C)(C)C(=O)O)C(C)(C)C5CCC4(C)C3(C)CCC2(CCN(CC(=O)N(C)C)Cc2ccncc2)CC1=O. The first kappa shape index (κ1) is 42.5. The van der Waals surface area contributed by atoms with Gasteiger partial charge in [0.05, 0.1) is 18.4 Å². The highest BCUT2D eigenvalue weighted by Crippen LogP contribution is 2.77. The predicted octanol–water partition coefficient (Wildman–Crippen LogP) is 8.76. The van der Waals surface area contributed by atoms with Crippen molar-refractivity contribution in [3.05, 3.63) is 41.2 Å². The molecule has 310 valence electrons. The van der Waals surface area contributed by atoms with Crippen LogP contribution < -0.4 is 0 Å². The van der Waals surface area contributed by atoms with E-state index in [0.717, 1.165) is 75.5 Å². The monoisotopic (exact) mass is 774 g/mol. The Morgan fingerprint density at radius 1 is 0.929 bits per heavy atom. The Bertz CT molecular complexity index is 1730. The topological polar surface area (TPSA) is 117 Å². The summed E-state index contributed by atoms with van der Waals surface area (Å²) in [5.41, 5.74) is 2.33. The van der Waals surface area contributed by atoms with Gasteiger partial charge in [0.25, 0.3) is 0 Å². The molecule has 0 aromatic carbocycles. The van der Waals surface area contributed by atoms with Crippen LogP contribution in [0, 0.1) is 56.2 Å². The molecule has 9 heteroatoms. The molecule has 5 aliphatic rings. The number of likely N-dealkylation sites (N-methyl/N-ethyl adjacent to an activating group) is 1. The van der Waals surface area contributed by atoms with E-state index in [1.165, 1.54) is 5.57 Å². The molecule has 4 saturated carbocycles. The van der Waals surface area contributed by atoms with Crippen LogP contribution in [0.3, 0.4) is 0 Å². The molecular weight excluding hydrogens is 703 g/mol. The van der Waals surface area contributed by atoms with Gasteiger partial charge in [0.15, 0.2) is 5.78 Å². The van der Waals surface area contributed by atoms with Crippen molar-refractivity contribution in [2.75, 3.05) is 27.2 Å². The van der Waals surface area contributed by atoms with E-state index in [-0.39, 0.29) is 51.4 Å². The number of carbonyl (C=O) groups excluding carboxylic acids is 3. The van der Waals surface area contributed by atoms with Crippen LogP contribution >= 0.6 is 0 Å². The number of ketones is 1. The van der Waals surface area contributed by atoms with Gasteiger partial charge in [0.1, 0.15) is 6.10 Å². The summed E-state index contributed by atoms with van der Waals surface area (Å²) in [6.45, 7) is 21.6. The first-order valence-electron chi connectivity index (χ1n) is 21.5. The molecule has 6 rings (SSSR count). The molecule has 5 aliphatic carbocycles. The van der Waals surface area contributed by atoms with Crippen molar-refractivity contribution in [1.82, 2.24) is 14.8 Å². The standard InChI is InChI=1S/C47H71N3O6/c1-30(2)39-33(51)26-47(22-25-50(29-37(52)49(10)11)28-31-16-23-48-24-17-31)21-20-45(8)32(40(39)47)12-13-35-44(7)18-15-36(56-38(53)27-42(3,4)41(54)55)43(5,6)34(44)14-19-46(35,45)9/h16-17,23-24,30,32,34-36H,12-15,18-22,25-29H2,1-11H3,(H,54,55). The number of pyridine rings is 1. The van der Waals surface area contributed by atoms with Gasteiger partial charge < -0.3 is 14.7 Å². The maximum absolute atomic E-state index is 14.3. The second-order valence-corrected chi connectivity index (χ2v) is 21.3. The second-order valence-electron chi connectivity index (χ2n) is 21.3. The first-order valence-corrected chi connectivity index (χ1v) is 21.5. The fraction of sp³-hybridized carbons (Fsp3) is 0.766. The van der Waals surface area contributed by atoms with Crippen LogP contribution in [0.5, 0.6) is 0 Å². The lowest BCUT2D eigenvalue weighted by molar-refractivity contribution is -0.233. The normalized spacial score (nSPS) is 35.1. The fourth-order valence-corrected chi connectivity index (χ4v) is 13.5. The Kier molecular flexibility index (Phi) is 11.4. The molecule has 56 heavy (non-hydrogen) atoms. The number of aliphatic carboxylic acids is 1. The number of fused-ring (bicyclic) bond motifs is 7. The molecule has 0 saturated heterocycles. The highest BCUT2D eigenvalue weighted by atomic mass is 16.5. The van der Waals surface area contributed by atoms with Crippen molar-refractivity contribution in [1.29, 1.82) is 0 Å². The summed E-state index contributed by atoms with van der Waals surface area (Å²) in [5, 5.41) is 9.64. The number of hydrogen-bond acceptors (Lipinski definition) is 7. The smallest absolute Gasteiger partial charge is 0.309 e. The summed E-state index contributed by atoms with van der Waals surface area (Å²) >= 11 is 0. The summed E-state index contributed by atoms with van der Waals surface area (Å²) in [5.74, 6) is 0.435. The highest BCUT2D eigenvalue weighted by Gasteiger charge is 2.70. The minimum absolute atomic E-state index is 0.0426. The number of aromatic nitrogens is 1. The van der Waals surface area contributed by atoms with E-state index in [4.69, 9.17) is 4.74 Å². The van der Waals surface area contributed by atoms with Crippen LogP contribution in [0.15, 0.2) is 35.7 Å². The molecule has 0 spiro atoms. The van der Waals surface area contributed by atoms with Crippen LogP contribution in [0.2, 0.25) is 0 Å². The lowest BCUT2D eigenvalue weighted by atomic mass is 9.33. The molecule has 0 bridgehead atoms. The number of Topliss-reactive ketones (excluding diaryl/α,β-unsaturated/α-hetero) is 1. The molecule has 4 fully saturated rings. The van der Waals surface area contributed by atoms with Gasteiger partial charge in [-0.1, -0.05) is 54.0 Å². The number of carbonyl (C=O) groups is 4. The Hall–Kier alpha value is -3.07. The van der Waals surface area contributed by atoms with Gasteiger partial charge in [-0.2, -0.15) is 0 Å². The summed E-state index contributed by atoms with van der Waals surface area (Å²) in [6.07, 6.45) is 13.0. The maximum atomic E-state index is 14.3. The zero-order valence-corrected chi connectivity index (χ0v) is 36.4. The molecule has 0 aliphatic heterocycles. The number of ether oxygens (including phenoxy) is 1. The number of amides is 1. The maximum Gasteiger partial charge on any atom is 0.309 e. The van der Waals surface area contributed by atoms with Gasteiger partial charge in [-0.25, -0.2) is 0 Å². The van der Waals surface area contributed by atoms with Crippen molar-refractivity contribution >= 4 is 23.6 Å². The average Bonchev–Trinajstić information content (AvgIpc) is 3.41. The van der Waals surface area contributed by atoms with E-state index in [9.17, 15) is 24.3 Å². The van der Waals surface area contributed by atoms with E-state index in [0.29, 0.717) is 43.0 Å². The molecule has 1 heterocycles. The summed E-state index contributed by atoms with van der Waals surface area (Å²) in [7, 11) is 3.63. The zero-order valence-electron chi connectivity index (χ0n) is 36.4. The lowest BCUT2D eigenvalue weighted by Gasteiger charge is -2.72. The van der Waals surface area contributed by atoms with Crippen molar-refractivity contribution in [3.8, 4) is 0 Å². The van der Waals surface area contributed by atoms with Gasteiger partial charge in [-0.15, -0.1) is 0 Å². The molecule has 1 N–H and O–H groups in total. The molecule has 0 radical (unpaired) electrons. The Morgan fingerprint density at radius 2 is 1.61 bits per heavy atom. The Labute approximate surface area is 336 Å². The van der Waals surface area contributed by atoms with Crippen LogP contribution in [0.4, 0.5) is 0 Å². The molecule has 1 amide bonds. The third-order valence-corrected chi connectivity index (χ3v) is 16.9. The van der Waals surface area contributed by atoms with Gasteiger partial charge in [0, 0.05) is 50.3 Å². The fourth-order valence-electron chi connectivity index (χ4n) is 13.5. The van der Waals surface area contributed by atoms with Crippen LogP contribution in [0.25, 0.3) is 0 Å². The lowest BCUT2D eigenvalue weighted by Crippen LogP contribution is -2.65. The van der Waals surface area contributed by atoms with Gasteiger partial charge >= 0.3 is 11.9 Å². The third-order valence-electron chi connectivity index (χ3n) is 16.9. The van der Waals surface area contributed by atoms with E-state index < -0.39 is 17.4 Å². The van der Waals surface area contributed by atoms with Crippen LogP contribution in [-0.2, 0) is 30.5 Å². The van der Waals surface area contributed by atoms with Gasteiger partial charge in [-0.3, -0.25) is 29.1 Å². The molecule has 8 atom stereocenters. The van der Waals surface area contributed by atoms with Gasteiger partial charge in [-0.05, 0) is 141 Å². The molecule has 9 nitrogen and oxygen atoms in total. The number of nitrogens with zero attached hydrogens (tertiary/aromatic N) is 3. The number of allylic oxidation sites excluding steroid dienone is 2. The summed E-state index contributed by atoms with van der Waals surface area (Å²) in [6, 6.07) is 4.05. The van der Waals surface area contributed by atoms with Crippen molar-refractivity contribution < 1.29 is 29.0 Å². The minimum Gasteiger partial charge on any atom is -0.481 e. The number of carboxylic acids is 1. The largest absolute Gasteiger partial charge is 0.481 e. The molecule has 1 aromatic heterocycles. The Morgan fingerprint density at radius 3 is 2.23 bits per heavy atom. The predicted molar refractivity (Wildman–Crippen MR) is 218 cm³/mol. The van der Waals surface area contributed by atoms with Crippen LogP contribution in [-0.4, -0.2) is 76.8 Å². The molecular formula is C47H71N3O6. The number of esters is 1. The van der Waals surface area contributed by atoms with E-state index >= 15 is 0 Å². The van der Waals surface area contributed by atoms with Crippen molar-refractivity contribution in [3.63, 3.8) is 0 Å². The minimum atomic E-state index is -1.16. The van der Waals surface area contributed by atoms with E-state index in [1.54, 1.807) is 18.7 Å². The second kappa shape index (κ2) is 14.9. The van der Waals surface area contributed by atoms with Crippen molar-refractivity contribution in [2.24, 2.45) is 56.2 Å². The molecule has 8 unspecified atom stereocenters. The number of rotatable bonds is 12. The number of hydrogen-bond donors (Lipinski definition) is 1. The average molecular weight is 774 g/mol. The van der Waals surface area contributed by atoms with E-state index in [1.807, 2.05) is 38.6 Å². The highest BCUT2D eigenvalue weighted by molar-refractivity contribution is 6.00. The first-order chi connectivity index (χ1) is 26.0.